The molecule has 4 rings (SSSR count). The highest BCUT2D eigenvalue weighted by Crippen LogP contribution is 2.31. The highest BCUT2D eigenvalue weighted by atomic mass is 35.5. The Hall–Kier alpha value is -1.66. The number of fused-ring (bicyclic) bond motifs is 2. The van der Waals surface area contributed by atoms with E-state index in [-0.39, 0.29) is 30.7 Å². The van der Waals surface area contributed by atoms with Crippen molar-refractivity contribution in [1.82, 2.24) is 20.1 Å². The van der Waals surface area contributed by atoms with Crippen molar-refractivity contribution in [1.29, 1.82) is 0 Å². The minimum Gasteiger partial charge on any atom is -0.341 e. The number of pyridine rings is 1. The number of hydrogen-bond acceptors (Lipinski definition) is 4. The first kappa shape index (κ1) is 26.6. The van der Waals surface area contributed by atoms with Crippen LogP contribution in [-0.2, 0) is 17.9 Å². The molecule has 1 N–H and O–H groups in total. The molecule has 2 aliphatic heterocycles. The zero-order valence-corrected chi connectivity index (χ0v) is 20.5. The van der Waals surface area contributed by atoms with Crippen LogP contribution in [0.25, 0.3) is 0 Å². The molecule has 0 aliphatic carbocycles. The fraction of sp³-hybridized carbons (Fsp3) is 0.520. The van der Waals surface area contributed by atoms with E-state index in [9.17, 15) is 4.79 Å². The highest BCUT2D eigenvalue weighted by Gasteiger charge is 2.36. The molecule has 0 saturated carbocycles. The molecule has 2 bridgehead atoms. The van der Waals surface area contributed by atoms with Crippen molar-refractivity contribution in [3.8, 4) is 0 Å². The van der Waals surface area contributed by atoms with Crippen molar-refractivity contribution in [3.05, 3.63) is 66.0 Å². The summed E-state index contributed by atoms with van der Waals surface area (Å²) in [5, 5.41) is 3.79. The second kappa shape index (κ2) is 13.1. The predicted molar refractivity (Wildman–Crippen MR) is 134 cm³/mol. The van der Waals surface area contributed by atoms with Gasteiger partial charge < -0.3 is 10.2 Å². The molecule has 3 atom stereocenters. The number of carbonyl (C=O) groups excluding carboxylic acids is 1. The molecule has 7 heteroatoms. The number of nitrogens with zero attached hydrogens (tertiary/aromatic N) is 3. The molecule has 0 radical (unpaired) electrons. The molecular weight excluding hydrogens is 443 g/mol. The lowest BCUT2D eigenvalue weighted by Crippen LogP contribution is -2.55. The molecule has 32 heavy (non-hydrogen) atoms. The maximum absolute atomic E-state index is 12.5. The molecule has 3 unspecified atom stereocenters. The highest BCUT2D eigenvalue weighted by molar-refractivity contribution is 5.85. The van der Waals surface area contributed by atoms with Gasteiger partial charge in [0.1, 0.15) is 0 Å². The van der Waals surface area contributed by atoms with E-state index in [4.69, 9.17) is 0 Å². The molecule has 2 saturated heterocycles. The summed E-state index contributed by atoms with van der Waals surface area (Å²) in [7, 11) is 1.89. The average Bonchev–Trinajstić information content (AvgIpc) is 2.76. The number of hydrogen-bond donors (Lipinski definition) is 1. The van der Waals surface area contributed by atoms with Gasteiger partial charge in [-0.25, -0.2) is 0 Å². The van der Waals surface area contributed by atoms with Crippen molar-refractivity contribution in [3.63, 3.8) is 0 Å². The van der Waals surface area contributed by atoms with E-state index in [0.29, 0.717) is 24.9 Å². The summed E-state index contributed by atoms with van der Waals surface area (Å²) in [6.45, 7) is 5.16. The van der Waals surface area contributed by atoms with Gasteiger partial charge in [0.05, 0.1) is 0 Å². The standard InChI is InChI=1S/C25H34N4O.2ClH/c1-28(16-21-9-6-12-26-14-21)25(30)11-5-10-24-23-13-22(15-27-24)18-29(19-23)17-20-7-3-2-4-8-20;;/h2-4,6-9,12,14,22-24,27H,5,10-11,13,15-19H2,1H3;2*1H. The van der Waals surface area contributed by atoms with Gasteiger partial charge in [0.25, 0.3) is 0 Å². The van der Waals surface area contributed by atoms with Gasteiger partial charge in [-0.3, -0.25) is 14.7 Å². The molecular formula is C25H36Cl2N4O. The minimum absolute atomic E-state index is 0. The predicted octanol–water partition coefficient (Wildman–Crippen LogP) is 4.16. The van der Waals surface area contributed by atoms with Gasteiger partial charge in [0.2, 0.25) is 5.91 Å². The van der Waals surface area contributed by atoms with Crippen LogP contribution in [0.4, 0.5) is 0 Å². The number of amides is 1. The Bertz CT molecular complexity index is 808. The maximum atomic E-state index is 12.5. The van der Waals surface area contributed by atoms with Crippen LogP contribution in [0.5, 0.6) is 0 Å². The number of benzene rings is 1. The lowest BCUT2D eigenvalue weighted by Gasteiger charge is -2.46. The first-order valence-electron chi connectivity index (χ1n) is 11.3. The quantitative estimate of drug-likeness (QED) is 0.618. The van der Waals surface area contributed by atoms with Gasteiger partial charge >= 0.3 is 0 Å². The molecule has 1 aromatic heterocycles. The Kier molecular flexibility index (Phi) is 10.9. The van der Waals surface area contributed by atoms with Gasteiger partial charge in [-0.15, -0.1) is 24.8 Å². The average molecular weight is 479 g/mol. The van der Waals surface area contributed by atoms with Crippen LogP contribution in [0.15, 0.2) is 54.9 Å². The van der Waals surface area contributed by atoms with Crippen LogP contribution in [0, 0.1) is 11.8 Å². The smallest absolute Gasteiger partial charge is 0.222 e. The van der Waals surface area contributed by atoms with Crippen molar-refractivity contribution >= 4 is 30.7 Å². The van der Waals surface area contributed by atoms with E-state index < -0.39 is 0 Å². The molecule has 2 aliphatic rings. The number of carbonyl (C=O) groups is 1. The normalized spacial score (nSPS) is 22.3. The molecule has 1 aromatic carbocycles. The molecule has 176 valence electrons. The Labute approximate surface area is 204 Å². The van der Waals surface area contributed by atoms with Gasteiger partial charge in [-0.05, 0) is 54.8 Å². The lowest BCUT2D eigenvalue weighted by atomic mass is 9.79. The van der Waals surface area contributed by atoms with Crippen molar-refractivity contribution in [2.24, 2.45) is 11.8 Å². The number of halogens is 2. The van der Waals surface area contributed by atoms with Crippen LogP contribution in [0.1, 0.15) is 36.8 Å². The Balaban J connectivity index is 0.00000181. The summed E-state index contributed by atoms with van der Waals surface area (Å²) < 4.78 is 0. The summed E-state index contributed by atoms with van der Waals surface area (Å²) in [4.78, 5) is 21.1. The fourth-order valence-corrected chi connectivity index (χ4v) is 5.10. The number of likely N-dealkylation sites (tertiary alicyclic amines) is 1. The third-order valence-electron chi connectivity index (χ3n) is 6.61. The summed E-state index contributed by atoms with van der Waals surface area (Å²) in [5.74, 6) is 1.68. The number of aromatic nitrogens is 1. The van der Waals surface area contributed by atoms with E-state index >= 15 is 0 Å². The van der Waals surface area contributed by atoms with E-state index in [2.05, 4.69) is 45.5 Å². The van der Waals surface area contributed by atoms with Crippen molar-refractivity contribution in [2.45, 2.75) is 44.8 Å². The molecule has 5 nitrogen and oxygen atoms in total. The first-order valence-corrected chi connectivity index (χ1v) is 11.3. The van der Waals surface area contributed by atoms with Crippen molar-refractivity contribution < 1.29 is 4.79 Å². The SMILES string of the molecule is CN(Cc1cccnc1)C(=O)CCCC1NCC2CC1CN(Cc1ccccc1)C2.Cl.Cl. The summed E-state index contributed by atoms with van der Waals surface area (Å²) in [6.07, 6.45) is 7.59. The molecule has 0 spiro atoms. The lowest BCUT2D eigenvalue weighted by molar-refractivity contribution is -0.130. The summed E-state index contributed by atoms with van der Waals surface area (Å²) in [5.41, 5.74) is 2.48. The second-order valence-electron chi connectivity index (χ2n) is 9.06. The summed E-state index contributed by atoms with van der Waals surface area (Å²) in [6, 6.07) is 15.3. The van der Waals surface area contributed by atoms with Crippen LogP contribution >= 0.6 is 24.8 Å². The molecule has 3 heterocycles. The number of nitrogens with one attached hydrogen (secondary N) is 1. The minimum atomic E-state index is 0. The van der Waals surface area contributed by atoms with Gasteiger partial charge in [-0.2, -0.15) is 0 Å². The Morgan fingerprint density at radius 2 is 1.91 bits per heavy atom. The largest absolute Gasteiger partial charge is 0.341 e. The maximum Gasteiger partial charge on any atom is 0.222 e. The fourth-order valence-electron chi connectivity index (χ4n) is 5.10. The summed E-state index contributed by atoms with van der Waals surface area (Å²) >= 11 is 0. The monoisotopic (exact) mass is 478 g/mol. The van der Waals surface area contributed by atoms with Crippen LogP contribution in [0.2, 0.25) is 0 Å². The topological polar surface area (TPSA) is 48.5 Å². The third kappa shape index (κ3) is 7.45. The van der Waals surface area contributed by atoms with Gasteiger partial charge in [0, 0.05) is 58.1 Å². The molecule has 2 aromatic rings. The molecule has 2 fully saturated rings. The Morgan fingerprint density at radius 1 is 1.12 bits per heavy atom. The van der Waals surface area contributed by atoms with Crippen molar-refractivity contribution in [2.75, 3.05) is 26.7 Å². The van der Waals surface area contributed by atoms with Gasteiger partial charge in [0.15, 0.2) is 0 Å². The second-order valence-corrected chi connectivity index (χ2v) is 9.06. The zero-order chi connectivity index (χ0) is 20.8. The van der Waals surface area contributed by atoms with E-state index in [0.717, 1.165) is 44.0 Å². The first-order chi connectivity index (χ1) is 14.7. The number of piperidine rings is 2. The van der Waals surface area contributed by atoms with E-state index in [1.54, 1.807) is 6.20 Å². The van der Waals surface area contributed by atoms with Crippen LogP contribution < -0.4 is 5.32 Å². The number of rotatable bonds is 8. The Morgan fingerprint density at radius 3 is 2.66 bits per heavy atom. The zero-order valence-electron chi connectivity index (χ0n) is 18.9. The van der Waals surface area contributed by atoms with Crippen LogP contribution in [-0.4, -0.2) is 53.4 Å². The van der Waals surface area contributed by atoms with E-state index in [1.165, 1.54) is 18.5 Å². The van der Waals surface area contributed by atoms with Crippen LogP contribution in [0.3, 0.4) is 0 Å². The van der Waals surface area contributed by atoms with Gasteiger partial charge in [-0.1, -0.05) is 36.4 Å². The third-order valence-corrected chi connectivity index (χ3v) is 6.61. The molecule has 1 amide bonds. The van der Waals surface area contributed by atoms with E-state index in [1.807, 2.05) is 30.3 Å².